The van der Waals surface area contributed by atoms with E-state index < -0.39 is 150 Å². The Hall–Kier alpha value is -5.45. The third-order valence-corrected chi connectivity index (χ3v) is 21.6. The zero-order valence-corrected chi connectivity index (χ0v) is 58.1. The summed E-state index contributed by atoms with van der Waals surface area (Å²) in [5, 5.41) is 30.3. The minimum Gasteiger partial charge on any atom is -0.381 e. The average Bonchev–Trinajstić information content (AvgIpc) is 1.72. The first kappa shape index (κ1) is 78.5. The van der Waals surface area contributed by atoms with E-state index in [2.05, 4.69) is 17.6 Å². The van der Waals surface area contributed by atoms with Crippen molar-refractivity contribution in [3.8, 4) is 0 Å². The molecule has 1 saturated heterocycles. The summed E-state index contributed by atoms with van der Waals surface area (Å²) in [5.74, 6) is -6.90. The molecule has 0 aromatic heterocycles. The van der Waals surface area contributed by atoms with Gasteiger partial charge in [0.25, 0.3) is 0 Å². The first-order valence-corrected chi connectivity index (χ1v) is 34.0. The number of likely N-dealkylation sites (tertiary alicyclic amines) is 1. The van der Waals surface area contributed by atoms with Gasteiger partial charge in [-0.2, -0.15) is 26.3 Å². The number of aldehydes is 1. The third-order valence-electron chi connectivity index (χ3n) is 21.6. The van der Waals surface area contributed by atoms with Gasteiger partial charge in [-0.3, -0.25) is 48.2 Å². The number of aliphatic hydroxyl groups is 2. The Morgan fingerprint density at radius 2 is 1.49 bits per heavy atom. The van der Waals surface area contributed by atoms with Crippen molar-refractivity contribution >= 4 is 53.5 Å². The van der Waals surface area contributed by atoms with E-state index in [9.17, 15) is 65.3 Å². The highest BCUT2D eigenvalue weighted by Gasteiger charge is 2.61. The maximum Gasteiger partial charge on any atom is 0.394 e. The number of carbonyl (C=O) groups excluding carboxylic acids is 9. The van der Waals surface area contributed by atoms with Crippen molar-refractivity contribution in [2.45, 2.75) is 248 Å². The second-order valence-electron chi connectivity index (χ2n) is 29.8. The molecule has 6 aliphatic rings. The minimum atomic E-state index is -5.02. The molecular weight excluding hydrogens is 1250 g/mol. The largest absolute Gasteiger partial charge is 0.394 e. The van der Waals surface area contributed by atoms with Crippen LogP contribution in [0.3, 0.4) is 0 Å². The monoisotopic (exact) mass is 1360 g/mol. The lowest BCUT2D eigenvalue weighted by molar-refractivity contribution is -0.215. The Kier molecular flexibility index (Phi) is 26.9. The molecule has 0 aromatic rings. The van der Waals surface area contributed by atoms with E-state index in [0.29, 0.717) is 49.2 Å². The number of halogens is 6. The maximum absolute atomic E-state index is 15.5. The Bertz CT molecular complexity index is 2720. The summed E-state index contributed by atoms with van der Waals surface area (Å²) >= 11 is 0. The number of rotatable bonds is 29. The lowest BCUT2D eigenvalue weighted by Crippen LogP contribution is -2.71. The standard InChI is InChI=1S/C67H108F6N10O12/c1-14-18-45(37-84)79(10)55(87)33-49(58(90)76(6)7)80(11)60(92)52(35-66(68,69)70)81(12)62(94)65(38-63(4,5)39-65)75-56(88)51-34-64(28-29-64)40-83(51)57(89)47(27-25-44-24-26-46(67(71,72)73)53(32-44)95-13)74-54(86)36-77(8)59(91)50(31-43-22-20-41(2)21-23-43)82-30-17-15-16-19-48(61(82)93)78(9)42(3)85/h15-16,37,41,43-53,59-60,91-92H,14,17-36,38-40H2,1-13H3,(H,74,86)(H,75,88)/b16-15-/t41?,43?,44?,45-,46?,47-,48-,49-,50-,51-,52-,53?,59?,60?/m0/s1. The molecule has 6 rings (SSSR count). The van der Waals surface area contributed by atoms with Crippen LogP contribution in [0.4, 0.5) is 26.3 Å². The molecule has 540 valence electrons. The summed E-state index contributed by atoms with van der Waals surface area (Å²) in [6.45, 7) is 8.67. The fraction of sp³-hybridized carbons (Fsp3) is 0.836. The summed E-state index contributed by atoms with van der Waals surface area (Å²) in [6, 6.07) is -8.97. The fourth-order valence-corrected chi connectivity index (χ4v) is 15.7. The molecular formula is C67H108F6N10O12. The number of methoxy groups -OCH3 is 1. The lowest BCUT2D eigenvalue weighted by atomic mass is 9.58. The Balaban J connectivity index is 1.29. The third kappa shape index (κ3) is 19.9. The quantitative estimate of drug-likeness (QED) is 0.0296. The number of alkyl halides is 6. The van der Waals surface area contributed by atoms with Crippen LogP contribution in [0, 0.1) is 34.5 Å². The number of likely N-dealkylation sites (N-methyl/N-ethyl adjacent to an activating group) is 6. The van der Waals surface area contributed by atoms with Crippen LogP contribution in [-0.4, -0.2) is 258 Å². The van der Waals surface area contributed by atoms with Crippen LogP contribution in [0.5, 0.6) is 0 Å². The normalized spacial score (nSPS) is 26.7. The van der Waals surface area contributed by atoms with E-state index in [1.807, 2.05) is 12.2 Å². The van der Waals surface area contributed by atoms with Crippen LogP contribution in [0.2, 0.25) is 0 Å². The molecule has 0 aromatic carbocycles. The van der Waals surface area contributed by atoms with Crippen molar-refractivity contribution in [3.05, 3.63) is 12.2 Å². The van der Waals surface area contributed by atoms with Crippen molar-refractivity contribution in [2.75, 3.05) is 76.1 Å². The van der Waals surface area contributed by atoms with E-state index in [0.717, 1.165) is 54.5 Å². The predicted octanol–water partition coefficient (Wildman–Crippen LogP) is 5.86. The summed E-state index contributed by atoms with van der Waals surface area (Å²) < 4.78 is 92.4. The van der Waals surface area contributed by atoms with Crippen LogP contribution < -0.4 is 10.6 Å². The van der Waals surface area contributed by atoms with E-state index in [-0.39, 0.29) is 101 Å². The van der Waals surface area contributed by atoms with E-state index in [1.165, 1.54) is 56.9 Å². The smallest absolute Gasteiger partial charge is 0.381 e. The number of carbonyl (C=O) groups is 9. The average molecular weight is 1360 g/mol. The molecule has 5 fully saturated rings. The maximum atomic E-state index is 15.5. The molecule has 95 heavy (non-hydrogen) atoms. The van der Waals surface area contributed by atoms with Gasteiger partial charge in [-0.05, 0) is 133 Å². The molecule has 8 amide bonds. The van der Waals surface area contributed by atoms with Gasteiger partial charge in [0.1, 0.15) is 42.4 Å². The van der Waals surface area contributed by atoms with Gasteiger partial charge in [0.15, 0.2) is 0 Å². The van der Waals surface area contributed by atoms with Gasteiger partial charge >= 0.3 is 12.4 Å². The minimum absolute atomic E-state index is 0.00376. The lowest BCUT2D eigenvalue weighted by Gasteiger charge is -2.54. The topological polar surface area (TPSA) is 253 Å². The molecule has 0 bridgehead atoms. The highest BCUT2D eigenvalue weighted by Crippen LogP contribution is 2.56. The summed E-state index contributed by atoms with van der Waals surface area (Å²) in [5.41, 5.74) is -3.13. The van der Waals surface area contributed by atoms with Crippen LogP contribution in [0.25, 0.3) is 0 Å². The number of ether oxygens (including phenoxy) is 1. The Morgan fingerprint density at radius 3 is 2.04 bits per heavy atom. The molecule has 0 radical (unpaired) electrons. The number of aliphatic hydroxyl groups excluding tert-OH is 2. The van der Waals surface area contributed by atoms with Crippen molar-refractivity contribution in [1.29, 1.82) is 0 Å². The Morgan fingerprint density at radius 1 is 0.863 bits per heavy atom. The molecule has 2 heterocycles. The van der Waals surface area contributed by atoms with Gasteiger partial charge < -0.3 is 59.8 Å². The van der Waals surface area contributed by atoms with Gasteiger partial charge in [0.05, 0.1) is 55.6 Å². The molecule has 4 saturated carbocycles. The second-order valence-corrected chi connectivity index (χ2v) is 29.8. The van der Waals surface area contributed by atoms with Crippen LogP contribution in [-0.2, 0) is 47.9 Å². The summed E-state index contributed by atoms with van der Waals surface area (Å²) in [7, 11) is 10.5. The molecule has 28 heteroatoms. The van der Waals surface area contributed by atoms with Gasteiger partial charge in [-0.25, -0.2) is 0 Å². The highest BCUT2D eigenvalue weighted by molar-refractivity contribution is 5.97. The van der Waals surface area contributed by atoms with Crippen molar-refractivity contribution in [1.82, 2.24) is 49.8 Å². The van der Waals surface area contributed by atoms with Crippen molar-refractivity contribution in [2.24, 2.45) is 34.5 Å². The molecule has 4 aliphatic carbocycles. The van der Waals surface area contributed by atoms with Crippen molar-refractivity contribution in [3.63, 3.8) is 0 Å². The van der Waals surface area contributed by atoms with Gasteiger partial charge in [-0.1, -0.05) is 72.0 Å². The van der Waals surface area contributed by atoms with Crippen LogP contribution >= 0.6 is 0 Å². The summed E-state index contributed by atoms with van der Waals surface area (Å²) in [4.78, 5) is 137. The van der Waals surface area contributed by atoms with Crippen LogP contribution in [0.15, 0.2) is 12.2 Å². The number of nitrogens with one attached hydrogen (secondary N) is 2. The van der Waals surface area contributed by atoms with Gasteiger partial charge in [0, 0.05) is 62.4 Å². The SMILES string of the molecule is CCC[C@@H](C=O)N(C)C(=O)C[C@@H](C(=O)N(C)C)N(C)C(O)[C@H](CC(F)(F)F)N(C)C(=O)C1(NC(=O)[C@@H]2CC3(CC3)CN2C(=O)[C@H](CCC2CCC(C(F)(F)F)C(OC)C2)NC(=O)CN(C)C(O)[C@H](CC2CCC(C)CC2)N2CC/C=C\C[C@H](N(C)C(C)=O)C2=O)CC(C)(C)C1. The van der Waals surface area contributed by atoms with E-state index in [1.54, 1.807) is 32.7 Å². The zero-order valence-electron chi connectivity index (χ0n) is 58.1. The van der Waals surface area contributed by atoms with Crippen LogP contribution in [0.1, 0.15) is 169 Å². The second kappa shape index (κ2) is 32.5. The number of hydrogen-bond acceptors (Lipinski definition) is 14. The van der Waals surface area contributed by atoms with E-state index >= 15 is 14.4 Å². The fourth-order valence-electron chi connectivity index (χ4n) is 15.7. The first-order chi connectivity index (χ1) is 44.2. The molecule has 4 N–H and O–H groups in total. The molecule has 22 nitrogen and oxygen atoms in total. The van der Waals surface area contributed by atoms with Crippen molar-refractivity contribution < 1.29 is 84.4 Å². The molecule has 2 aliphatic heterocycles. The first-order valence-electron chi connectivity index (χ1n) is 34.0. The number of hydrogen-bond donors (Lipinski definition) is 4. The molecule has 1 spiro atoms. The molecule has 5 unspecified atom stereocenters. The van der Waals surface area contributed by atoms with Gasteiger partial charge in [0.2, 0.25) is 47.3 Å². The number of amides is 8. The molecule has 12 atom stereocenters. The summed E-state index contributed by atoms with van der Waals surface area (Å²) in [6.07, 6.45) is -5.91. The zero-order chi connectivity index (χ0) is 71.0. The Labute approximate surface area is 556 Å². The van der Waals surface area contributed by atoms with Gasteiger partial charge in [-0.15, -0.1) is 0 Å². The number of nitrogens with zero attached hydrogens (tertiary/aromatic N) is 8. The predicted molar refractivity (Wildman–Crippen MR) is 341 cm³/mol. The van der Waals surface area contributed by atoms with E-state index in [4.69, 9.17) is 4.74 Å². The highest BCUT2D eigenvalue weighted by atomic mass is 19.4.